The maximum absolute atomic E-state index is 13.0. The van der Waals surface area contributed by atoms with Gasteiger partial charge in [-0.15, -0.1) is 0 Å². The molecule has 0 N–H and O–H groups in total. The Morgan fingerprint density at radius 3 is 2.38 bits per heavy atom. The second-order valence-corrected chi connectivity index (χ2v) is 9.02. The first-order valence-electron chi connectivity index (χ1n) is 11.3. The number of carbonyl (C=O) groups is 1. The number of nitriles is 1. The topological polar surface area (TPSA) is 50.6 Å². The van der Waals surface area contributed by atoms with E-state index in [9.17, 15) is 10.1 Å². The van der Waals surface area contributed by atoms with Crippen molar-refractivity contribution in [3.05, 3.63) is 77.0 Å². The van der Waals surface area contributed by atoms with Crippen LogP contribution >= 0.6 is 11.6 Å². The zero-order chi connectivity index (χ0) is 22.3. The number of hydrogen-bond donors (Lipinski definition) is 0. The van der Waals surface area contributed by atoms with Crippen LogP contribution < -0.4 is 4.90 Å². The predicted molar refractivity (Wildman–Crippen MR) is 128 cm³/mol. The molecule has 2 aromatic carbocycles. The Morgan fingerprint density at radius 1 is 1.00 bits per heavy atom. The molecular weight excluding hydrogens is 420 g/mol. The third-order valence-electron chi connectivity index (χ3n) is 6.42. The van der Waals surface area contributed by atoms with Crippen LogP contribution in [0.3, 0.4) is 0 Å². The van der Waals surface area contributed by atoms with E-state index in [1.54, 1.807) is 6.20 Å². The number of amides is 1. The lowest BCUT2D eigenvalue weighted by molar-refractivity contribution is -0.128. The minimum Gasteiger partial charge on any atom is -0.373 e. The van der Waals surface area contributed by atoms with Crippen molar-refractivity contribution >= 4 is 23.2 Å². The van der Waals surface area contributed by atoms with Gasteiger partial charge in [0.2, 0.25) is 0 Å². The molecule has 0 spiro atoms. The molecule has 2 aliphatic heterocycles. The molecule has 5 nitrogen and oxygen atoms in total. The molecule has 1 amide bonds. The first-order valence-corrected chi connectivity index (χ1v) is 11.7. The number of nitrogens with zero attached hydrogens (tertiary/aromatic N) is 4. The van der Waals surface area contributed by atoms with E-state index in [2.05, 4.69) is 46.2 Å². The fourth-order valence-electron chi connectivity index (χ4n) is 4.55. The van der Waals surface area contributed by atoms with E-state index in [1.165, 1.54) is 5.56 Å². The van der Waals surface area contributed by atoms with Gasteiger partial charge in [-0.2, -0.15) is 5.26 Å². The Bertz CT molecular complexity index is 984. The molecule has 2 aromatic rings. The van der Waals surface area contributed by atoms with Gasteiger partial charge in [-0.3, -0.25) is 4.79 Å². The highest BCUT2D eigenvalue weighted by Crippen LogP contribution is 2.24. The van der Waals surface area contributed by atoms with E-state index in [-0.39, 0.29) is 11.5 Å². The smallest absolute Gasteiger partial charge is 0.266 e. The van der Waals surface area contributed by atoms with Crippen molar-refractivity contribution < 1.29 is 4.79 Å². The van der Waals surface area contributed by atoms with Gasteiger partial charge in [0.05, 0.1) is 0 Å². The molecule has 2 aliphatic rings. The van der Waals surface area contributed by atoms with Crippen LogP contribution in [0.2, 0.25) is 5.02 Å². The van der Waals surface area contributed by atoms with Gasteiger partial charge in [0.15, 0.2) is 0 Å². The van der Waals surface area contributed by atoms with Crippen LogP contribution in [0.25, 0.3) is 0 Å². The highest BCUT2D eigenvalue weighted by atomic mass is 35.5. The molecule has 0 aromatic heterocycles. The van der Waals surface area contributed by atoms with Crippen molar-refractivity contribution in [2.24, 2.45) is 5.92 Å². The zero-order valence-corrected chi connectivity index (χ0v) is 19.0. The van der Waals surface area contributed by atoms with Gasteiger partial charge in [0.1, 0.15) is 11.6 Å². The summed E-state index contributed by atoms with van der Waals surface area (Å²) in [5.74, 6) is 0.457. The number of piperazine rings is 1. The molecule has 4 rings (SSSR count). The summed E-state index contributed by atoms with van der Waals surface area (Å²) in [4.78, 5) is 19.2. The molecule has 2 fully saturated rings. The lowest BCUT2D eigenvalue weighted by Crippen LogP contribution is -2.45. The number of piperidine rings is 1. The fraction of sp³-hybridized carbons (Fsp3) is 0.385. The summed E-state index contributed by atoms with van der Waals surface area (Å²) in [6.07, 6.45) is 4.78. The fourth-order valence-corrected chi connectivity index (χ4v) is 4.74. The van der Waals surface area contributed by atoms with Crippen molar-refractivity contribution in [2.75, 3.05) is 44.2 Å². The summed E-state index contributed by atoms with van der Waals surface area (Å²) in [7, 11) is 0. The Labute approximate surface area is 195 Å². The van der Waals surface area contributed by atoms with Gasteiger partial charge in [-0.25, -0.2) is 0 Å². The molecule has 0 saturated carbocycles. The van der Waals surface area contributed by atoms with E-state index in [0.29, 0.717) is 5.92 Å². The average Bonchev–Trinajstić information content (AvgIpc) is 2.84. The number of halogens is 1. The minimum atomic E-state index is -0.136. The monoisotopic (exact) mass is 448 g/mol. The molecule has 6 heteroatoms. The van der Waals surface area contributed by atoms with Crippen molar-refractivity contribution in [2.45, 2.75) is 19.3 Å². The maximum Gasteiger partial charge on any atom is 0.266 e. The highest BCUT2D eigenvalue weighted by Gasteiger charge is 2.26. The van der Waals surface area contributed by atoms with E-state index in [1.807, 2.05) is 29.2 Å². The quantitative estimate of drug-likeness (QED) is 0.504. The first kappa shape index (κ1) is 22.2. The molecule has 2 heterocycles. The Hall–Kier alpha value is -2.97. The second-order valence-electron chi connectivity index (χ2n) is 8.58. The van der Waals surface area contributed by atoms with Gasteiger partial charge in [-0.1, -0.05) is 48.0 Å². The van der Waals surface area contributed by atoms with Gasteiger partial charge in [0, 0.05) is 56.2 Å². The summed E-state index contributed by atoms with van der Waals surface area (Å²) in [6.45, 7) is 4.63. The lowest BCUT2D eigenvalue weighted by Gasteiger charge is -2.36. The molecule has 0 atom stereocenters. The lowest BCUT2D eigenvalue weighted by atomic mass is 9.90. The van der Waals surface area contributed by atoms with Crippen LogP contribution in [0, 0.1) is 17.2 Å². The summed E-state index contributed by atoms with van der Waals surface area (Å²) in [6, 6.07) is 20.5. The number of rotatable bonds is 5. The normalized spacial score (nSPS) is 17.9. The average molecular weight is 449 g/mol. The third kappa shape index (κ3) is 5.63. The number of anilines is 1. The van der Waals surface area contributed by atoms with Crippen LogP contribution in [0.4, 0.5) is 5.69 Å². The standard InChI is InChI=1S/C26H29ClN4O/c27-24-7-4-8-25(18-24)30-15-13-29(14-16-30)20-23(19-28)26(32)31-11-9-22(10-12-31)17-21-5-2-1-3-6-21/h1-8,18,20,22H,9-17H2/b23-20-. The Balaban J connectivity index is 1.29. The van der Waals surface area contributed by atoms with Crippen LogP contribution in [0.5, 0.6) is 0 Å². The van der Waals surface area contributed by atoms with Crippen LogP contribution in [-0.2, 0) is 11.2 Å². The minimum absolute atomic E-state index is 0.136. The Morgan fingerprint density at radius 2 is 1.72 bits per heavy atom. The first-order chi connectivity index (χ1) is 15.6. The molecule has 166 valence electrons. The van der Waals surface area contributed by atoms with Crippen molar-refractivity contribution in [1.82, 2.24) is 9.80 Å². The molecule has 2 saturated heterocycles. The predicted octanol–water partition coefficient (Wildman–Crippen LogP) is 4.35. The van der Waals surface area contributed by atoms with Crippen molar-refractivity contribution in [3.8, 4) is 6.07 Å². The molecule has 32 heavy (non-hydrogen) atoms. The van der Waals surface area contributed by atoms with Crippen LogP contribution in [0.1, 0.15) is 18.4 Å². The molecule has 0 bridgehead atoms. The number of likely N-dealkylation sites (tertiary alicyclic amines) is 1. The number of benzene rings is 2. The van der Waals surface area contributed by atoms with Crippen LogP contribution in [0.15, 0.2) is 66.4 Å². The van der Waals surface area contributed by atoms with Gasteiger partial charge >= 0.3 is 0 Å². The maximum atomic E-state index is 13.0. The second kappa shape index (κ2) is 10.6. The SMILES string of the molecule is N#C/C(=C/N1CCN(c2cccc(Cl)c2)CC1)C(=O)N1CCC(Cc2ccccc2)CC1. The number of carbonyl (C=O) groups excluding carboxylic acids is 1. The van der Waals surface area contributed by atoms with E-state index in [4.69, 9.17) is 11.6 Å². The summed E-state index contributed by atoms with van der Waals surface area (Å²) in [5, 5.41) is 10.4. The molecule has 0 radical (unpaired) electrons. The summed E-state index contributed by atoms with van der Waals surface area (Å²) < 4.78 is 0. The summed E-state index contributed by atoms with van der Waals surface area (Å²) >= 11 is 6.11. The molecule has 0 unspecified atom stereocenters. The van der Waals surface area contributed by atoms with Crippen molar-refractivity contribution in [1.29, 1.82) is 5.26 Å². The van der Waals surface area contributed by atoms with Gasteiger partial charge in [-0.05, 0) is 48.9 Å². The largest absolute Gasteiger partial charge is 0.373 e. The van der Waals surface area contributed by atoms with Gasteiger partial charge in [0.25, 0.3) is 5.91 Å². The molecular formula is C26H29ClN4O. The van der Waals surface area contributed by atoms with Gasteiger partial charge < -0.3 is 14.7 Å². The van der Waals surface area contributed by atoms with Crippen molar-refractivity contribution in [3.63, 3.8) is 0 Å². The third-order valence-corrected chi connectivity index (χ3v) is 6.65. The van der Waals surface area contributed by atoms with Crippen LogP contribution in [-0.4, -0.2) is 55.0 Å². The summed E-state index contributed by atoms with van der Waals surface area (Å²) in [5.41, 5.74) is 2.70. The highest BCUT2D eigenvalue weighted by molar-refractivity contribution is 6.30. The van der Waals surface area contributed by atoms with E-state index < -0.39 is 0 Å². The zero-order valence-electron chi connectivity index (χ0n) is 18.3. The number of hydrogen-bond acceptors (Lipinski definition) is 4. The van der Waals surface area contributed by atoms with E-state index in [0.717, 1.165) is 69.2 Å². The Kier molecular flexibility index (Phi) is 7.34. The molecule has 0 aliphatic carbocycles. The van der Waals surface area contributed by atoms with E-state index >= 15 is 0 Å².